The van der Waals surface area contributed by atoms with E-state index in [0.717, 1.165) is 37.2 Å². The van der Waals surface area contributed by atoms with E-state index in [1.54, 1.807) is 4.90 Å². The van der Waals surface area contributed by atoms with E-state index in [0.29, 0.717) is 63.7 Å². The molecule has 0 saturated carbocycles. The summed E-state index contributed by atoms with van der Waals surface area (Å²) in [5, 5.41) is 12.7. The molecule has 5 amide bonds. The van der Waals surface area contributed by atoms with Crippen LogP contribution in [0.5, 0.6) is 0 Å². The van der Waals surface area contributed by atoms with E-state index in [1.807, 2.05) is 10.8 Å². The van der Waals surface area contributed by atoms with Crippen LogP contribution >= 0.6 is 11.3 Å². The lowest BCUT2D eigenvalue weighted by atomic mass is 9.96. The molecular weight excluding hydrogens is 690 g/mol. The summed E-state index contributed by atoms with van der Waals surface area (Å²) in [7, 11) is 0. The number of thiophene rings is 1. The van der Waals surface area contributed by atoms with Crippen molar-refractivity contribution in [2.45, 2.75) is 69.1 Å². The Bertz CT molecular complexity index is 1530. The maximum absolute atomic E-state index is 14.0. The van der Waals surface area contributed by atoms with E-state index in [4.69, 9.17) is 5.73 Å². The van der Waals surface area contributed by atoms with Crippen LogP contribution in [0.1, 0.15) is 47.9 Å². The van der Waals surface area contributed by atoms with Crippen molar-refractivity contribution < 1.29 is 40.7 Å². The fraction of sp³-hybridized carbons (Fsp3) is 0.594. The number of rotatable bonds is 6. The zero-order valence-electron chi connectivity index (χ0n) is 27.2. The van der Waals surface area contributed by atoms with Crippen molar-refractivity contribution in [1.29, 1.82) is 0 Å². The molecule has 0 radical (unpaired) electrons. The number of carbonyl (C=O) groups excluding carboxylic acids is 3. The van der Waals surface area contributed by atoms with Crippen molar-refractivity contribution >= 4 is 40.7 Å². The van der Waals surface area contributed by atoms with E-state index < -0.39 is 59.1 Å². The van der Waals surface area contributed by atoms with Crippen molar-refractivity contribution in [1.82, 2.24) is 30.2 Å². The molecule has 0 aliphatic carbocycles. The van der Waals surface area contributed by atoms with Crippen LogP contribution in [0.4, 0.5) is 47.3 Å². The van der Waals surface area contributed by atoms with Crippen LogP contribution in [-0.4, -0.2) is 108 Å². The Kier molecular flexibility index (Phi) is 10.4. The smallest absolute Gasteiger partial charge is 0.398 e. The zero-order valence-corrected chi connectivity index (χ0v) is 28.0. The van der Waals surface area contributed by atoms with Crippen LogP contribution in [0.25, 0.3) is 0 Å². The number of piperidine rings is 2. The minimum atomic E-state index is -5.19. The number of likely N-dealkylation sites (tertiary alicyclic amines) is 1. The number of alkyl halides is 6. The van der Waals surface area contributed by atoms with Gasteiger partial charge in [0.25, 0.3) is 0 Å². The number of fused-ring (bicyclic) bond motifs is 1. The van der Waals surface area contributed by atoms with E-state index >= 15 is 0 Å². The molecule has 1 aromatic heterocycles. The summed E-state index contributed by atoms with van der Waals surface area (Å²) >= 11 is 1.48. The number of amides is 5. The molecular formula is C32H40F6N8O3S. The first kappa shape index (κ1) is 36.0. The number of urea groups is 2. The highest BCUT2D eigenvalue weighted by Gasteiger charge is 2.42. The SMILES string of the molecule is Nc1c(C(F)(F)F)cc(C[C@@H](NC(=O)N2CCC(N3Cc4cscc4NC3=O)CC2)C(=O)N2CCN(C3CCNCC3)CC2)cc1C(F)(F)F. The first-order valence-corrected chi connectivity index (χ1v) is 17.6. The van der Waals surface area contributed by atoms with Crippen LogP contribution in [-0.2, 0) is 30.1 Å². The van der Waals surface area contributed by atoms with E-state index in [9.17, 15) is 40.7 Å². The number of nitrogens with zero attached hydrogens (tertiary/aromatic N) is 4. The number of piperazine rings is 1. The van der Waals surface area contributed by atoms with Crippen LogP contribution < -0.4 is 21.7 Å². The van der Waals surface area contributed by atoms with Crippen LogP contribution in [0.15, 0.2) is 22.9 Å². The first-order valence-electron chi connectivity index (χ1n) is 16.7. The van der Waals surface area contributed by atoms with Crippen molar-refractivity contribution in [3.8, 4) is 0 Å². The van der Waals surface area contributed by atoms with E-state index in [-0.39, 0.29) is 25.2 Å². The summed E-state index contributed by atoms with van der Waals surface area (Å²) in [4.78, 5) is 47.3. The standard InChI is InChI=1S/C32H40F6N8O3S/c33-31(34,35)23-13-19(14-24(27(23)39)32(36,37)38)15-25(28(47)44-11-9-43(10-12-44)21-1-5-40-6-2-21)41-29(48)45-7-3-22(4-8-45)46-16-20-17-50-18-26(20)42-30(46)49/h13-14,17-18,21-22,25,40H,1-12,15-16,39H2,(H,41,48)(H,42,49)/t25-/m1/s1. The second-order valence-electron chi connectivity index (χ2n) is 13.2. The maximum Gasteiger partial charge on any atom is 0.418 e. The highest BCUT2D eigenvalue weighted by atomic mass is 32.1. The molecule has 50 heavy (non-hydrogen) atoms. The Labute approximate surface area is 289 Å². The molecule has 2 aromatic rings. The van der Waals surface area contributed by atoms with Gasteiger partial charge in [0, 0.05) is 68.7 Å². The number of benzene rings is 1. The number of halogens is 6. The van der Waals surface area contributed by atoms with E-state index in [2.05, 4.69) is 20.9 Å². The van der Waals surface area contributed by atoms with Gasteiger partial charge >= 0.3 is 24.4 Å². The molecule has 1 aromatic carbocycles. The van der Waals surface area contributed by atoms with Crippen LogP contribution in [0.3, 0.4) is 0 Å². The lowest BCUT2D eigenvalue weighted by Gasteiger charge is -2.42. The lowest BCUT2D eigenvalue weighted by molar-refractivity contribution is -0.141. The molecule has 0 unspecified atom stereocenters. The van der Waals surface area contributed by atoms with Gasteiger partial charge in [0.05, 0.1) is 29.0 Å². The molecule has 3 saturated heterocycles. The van der Waals surface area contributed by atoms with Crippen LogP contribution in [0, 0.1) is 0 Å². The quantitative estimate of drug-likeness (QED) is 0.258. The topological polar surface area (TPSA) is 126 Å². The van der Waals surface area contributed by atoms with Gasteiger partial charge in [-0.3, -0.25) is 9.69 Å². The highest BCUT2D eigenvalue weighted by molar-refractivity contribution is 7.08. The Morgan fingerprint density at radius 1 is 0.880 bits per heavy atom. The number of hydrogen-bond acceptors (Lipinski definition) is 7. The Balaban J connectivity index is 1.18. The lowest BCUT2D eigenvalue weighted by Crippen LogP contribution is -2.59. The fourth-order valence-electron chi connectivity index (χ4n) is 7.35. The molecule has 5 heterocycles. The summed E-state index contributed by atoms with van der Waals surface area (Å²) in [6.07, 6.45) is -8.18. The molecule has 0 bridgehead atoms. The summed E-state index contributed by atoms with van der Waals surface area (Å²) in [5.41, 5.74) is 1.92. The predicted molar refractivity (Wildman–Crippen MR) is 174 cm³/mol. The molecule has 18 heteroatoms. The summed E-state index contributed by atoms with van der Waals surface area (Å²) in [5.74, 6) is -0.589. The number of nitrogens with one attached hydrogen (secondary N) is 3. The molecule has 1 atom stereocenters. The molecule has 0 spiro atoms. The highest BCUT2D eigenvalue weighted by Crippen LogP contribution is 2.42. The molecule has 6 rings (SSSR count). The summed E-state index contributed by atoms with van der Waals surface area (Å²) in [6, 6.07) is -1.11. The minimum Gasteiger partial charge on any atom is -0.398 e. The third-order valence-electron chi connectivity index (χ3n) is 10.1. The number of carbonyl (C=O) groups is 3. The molecule has 4 aliphatic heterocycles. The zero-order chi connectivity index (χ0) is 35.8. The van der Waals surface area contributed by atoms with Gasteiger partial charge in [0.15, 0.2) is 0 Å². The number of hydrogen-bond donors (Lipinski definition) is 4. The monoisotopic (exact) mass is 730 g/mol. The largest absolute Gasteiger partial charge is 0.418 e. The molecule has 11 nitrogen and oxygen atoms in total. The molecule has 3 fully saturated rings. The Hall–Kier alpha value is -3.77. The van der Waals surface area contributed by atoms with Gasteiger partial charge in [-0.05, 0) is 61.8 Å². The third kappa shape index (κ3) is 7.91. The molecule has 274 valence electrons. The van der Waals surface area contributed by atoms with Gasteiger partial charge in [-0.25, -0.2) is 9.59 Å². The van der Waals surface area contributed by atoms with Gasteiger partial charge in [-0.1, -0.05) is 0 Å². The van der Waals surface area contributed by atoms with Crippen molar-refractivity contribution in [3.63, 3.8) is 0 Å². The number of anilines is 2. The fourth-order valence-corrected chi connectivity index (χ4v) is 8.13. The molecule has 5 N–H and O–H groups in total. The summed E-state index contributed by atoms with van der Waals surface area (Å²) in [6.45, 7) is 4.37. The number of nitrogens with two attached hydrogens (primary N) is 1. The average molecular weight is 731 g/mol. The van der Waals surface area contributed by atoms with Crippen molar-refractivity contribution in [3.05, 3.63) is 45.1 Å². The van der Waals surface area contributed by atoms with Gasteiger partial charge in [0.2, 0.25) is 5.91 Å². The second kappa shape index (κ2) is 14.5. The maximum atomic E-state index is 14.0. The first-order chi connectivity index (χ1) is 23.7. The Morgan fingerprint density at radius 3 is 2.10 bits per heavy atom. The molecule has 4 aliphatic rings. The van der Waals surface area contributed by atoms with Gasteiger partial charge in [-0.15, -0.1) is 11.3 Å². The minimum absolute atomic E-state index is 0.155. The number of nitrogen functional groups attached to an aromatic ring is 1. The van der Waals surface area contributed by atoms with Gasteiger partial charge in [0.1, 0.15) is 6.04 Å². The van der Waals surface area contributed by atoms with Crippen molar-refractivity contribution in [2.24, 2.45) is 0 Å². The second-order valence-corrected chi connectivity index (χ2v) is 14.0. The normalized spacial score (nSPS) is 20.8. The predicted octanol–water partition coefficient (Wildman–Crippen LogP) is 4.40. The summed E-state index contributed by atoms with van der Waals surface area (Å²) < 4.78 is 83.0. The van der Waals surface area contributed by atoms with Gasteiger partial charge in [-0.2, -0.15) is 26.3 Å². The average Bonchev–Trinajstić information content (AvgIpc) is 3.54. The Morgan fingerprint density at radius 2 is 1.50 bits per heavy atom. The van der Waals surface area contributed by atoms with Crippen LogP contribution in [0.2, 0.25) is 0 Å². The third-order valence-corrected chi connectivity index (χ3v) is 10.9. The van der Waals surface area contributed by atoms with Gasteiger partial charge < -0.3 is 36.4 Å². The van der Waals surface area contributed by atoms with Crippen molar-refractivity contribution in [2.75, 3.05) is 63.4 Å². The van der Waals surface area contributed by atoms with E-state index in [1.165, 1.54) is 21.1 Å².